The zero-order valence-corrected chi connectivity index (χ0v) is 30.8. The number of phosphoric ester groups is 1. The molecule has 0 radical (unpaired) electrons. The van der Waals surface area contributed by atoms with Crippen LogP contribution >= 0.6 is 7.82 Å². The van der Waals surface area contributed by atoms with Crippen LogP contribution in [0.4, 0.5) is 0 Å². The van der Waals surface area contributed by atoms with Gasteiger partial charge in [-0.3, -0.25) is 19.0 Å². The first-order valence-electron chi connectivity index (χ1n) is 19.1. The largest absolute Gasteiger partial charge is 0.530 e. The van der Waals surface area contributed by atoms with E-state index < -0.39 is 19.9 Å². The van der Waals surface area contributed by atoms with Crippen LogP contribution in [-0.4, -0.2) is 29.3 Å². The molecular weight excluding hydrogens is 597 g/mol. The lowest BCUT2D eigenvalue weighted by Gasteiger charge is -2.18. The molecule has 0 aromatic rings. The van der Waals surface area contributed by atoms with Gasteiger partial charge >= 0.3 is 13.8 Å². The summed E-state index contributed by atoms with van der Waals surface area (Å²) in [5.41, 5.74) is 5.64. The standard InChI is InChI=1S/C38H72NO6P/c1-3-5-7-9-11-13-15-17-19-21-23-25-27-29-31-33-36(40)37(35-39)44-46(42,43)45-38(41)34-32-30-28-26-24-22-20-18-16-14-12-10-8-6-4-2/h17-20,37H,3-16,21-35,39H2,1-2H3,(H,42,43)/b19-17+,20-18+. The highest BCUT2D eigenvalue weighted by Gasteiger charge is 2.32. The molecule has 0 bridgehead atoms. The van der Waals surface area contributed by atoms with E-state index in [1.807, 2.05) is 0 Å². The van der Waals surface area contributed by atoms with Gasteiger partial charge in [0.1, 0.15) is 6.10 Å². The molecular formula is C38H72NO6P. The van der Waals surface area contributed by atoms with Crippen molar-refractivity contribution in [3.63, 3.8) is 0 Å². The van der Waals surface area contributed by atoms with Crippen LogP contribution in [0.1, 0.15) is 194 Å². The lowest BCUT2D eigenvalue weighted by molar-refractivity contribution is -0.138. The second-order valence-corrected chi connectivity index (χ2v) is 14.2. The molecule has 0 saturated carbocycles. The summed E-state index contributed by atoms with van der Waals surface area (Å²) in [7, 11) is -4.70. The van der Waals surface area contributed by atoms with Crippen molar-refractivity contribution >= 4 is 19.6 Å². The van der Waals surface area contributed by atoms with Crippen LogP contribution in [0.25, 0.3) is 0 Å². The maximum absolute atomic E-state index is 12.5. The zero-order valence-electron chi connectivity index (χ0n) is 29.9. The number of hydrogen-bond donors (Lipinski definition) is 2. The van der Waals surface area contributed by atoms with Crippen LogP contribution in [-0.2, 0) is 23.2 Å². The molecule has 0 saturated heterocycles. The second-order valence-electron chi connectivity index (χ2n) is 12.9. The number of carbonyl (C=O) groups is 2. The number of hydrogen-bond acceptors (Lipinski definition) is 6. The topological polar surface area (TPSA) is 116 Å². The van der Waals surface area contributed by atoms with Gasteiger partial charge in [-0.2, -0.15) is 0 Å². The highest BCUT2D eigenvalue weighted by molar-refractivity contribution is 7.48. The molecule has 0 rings (SSSR count). The molecule has 270 valence electrons. The van der Waals surface area contributed by atoms with Crippen LogP contribution < -0.4 is 5.73 Å². The van der Waals surface area contributed by atoms with E-state index >= 15 is 0 Å². The van der Waals surface area contributed by atoms with Gasteiger partial charge in [-0.05, 0) is 64.2 Å². The molecule has 2 unspecified atom stereocenters. The first-order valence-corrected chi connectivity index (χ1v) is 20.6. The maximum atomic E-state index is 12.5. The van der Waals surface area contributed by atoms with Gasteiger partial charge in [0.15, 0.2) is 5.78 Å². The van der Waals surface area contributed by atoms with E-state index in [9.17, 15) is 19.0 Å². The van der Waals surface area contributed by atoms with Gasteiger partial charge in [0.05, 0.1) is 0 Å². The van der Waals surface area contributed by atoms with E-state index in [-0.39, 0.29) is 25.2 Å². The molecule has 3 N–H and O–H groups in total. The van der Waals surface area contributed by atoms with Crippen molar-refractivity contribution in [3.05, 3.63) is 24.3 Å². The molecule has 0 heterocycles. The van der Waals surface area contributed by atoms with Crippen LogP contribution in [0.15, 0.2) is 24.3 Å². The zero-order chi connectivity index (χ0) is 34.0. The Balaban J connectivity index is 3.85. The van der Waals surface area contributed by atoms with Gasteiger partial charge < -0.3 is 10.3 Å². The van der Waals surface area contributed by atoms with E-state index in [0.29, 0.717) is 12.8 Å². The van der Waals surface area contributed by atoms with Crippen LogP contribution in [0.3, 0.4) is 0 Å². The normalized spacial score (nSPS) is 13.8. The molecule has 0 aliphatic carbocycles. The number of ketones is 1. The number of rotatable bonds is 35. The molecule has 0 aliphatic rings. The average Bonchev–Trinajstić information content (AvgIpc) is 3.03. The Bertz CT molecular complexity index is 815. The monoisotopic (exact) mass is 670 g/mol. The number of unbranched alkanes of at least 4 members (excludes halogenated alkanes) is 22. The Morgan fingerprint density at radius 1 is 0.587 bits per heavy atom. The average molecular weight is 670 g/mol. The number of phosphoric acid groups is 1. The van der Waals surface area contributed by atoms with E-state index in [1.165, 1.54) is 89.9 Å². The summed E-state index contributed by atoms with van der Waals surface area (Å²) >= 11 is 0. The van der Waals surface area contributed by atoms with Gasteiger partial charge in [-0.15, -0.1) is 0 Å². The third-order valence-electron chi connectivity index (χ3n) is 8.38. The molecule has 0 fully saturated rings. The van der Waals surface area contributed by atoms with Crippen molar-refractivity contribution in [3.8, 4) is 0 Å². The van der Waals surface area contributed by atoms with E-state index in [4.69, 9.17) is 14.8 Å². The first kappa shape index (κ1) is 44.7. The highest BCUT2D eigenvalue weighted by atomic mass is 31.2. The number of nitrogens with two attached hydrogens (primary N) is 1. The molecule has 7 nitrogen and oxygen atoms in total. The van der Waals surface area contributed by atoms with Crippen molar-refractivity contribution in [2.75, 3.05) is 6.54 Å². The van der Waals surface area contributed by atoms with Crippen LogP contribution in [0, 0.1) is 0 Å². The van der Waals surface area contributed by atoms with E-state index in [2.05, 4.69) is 38.2 Å². The summed E-state index contributed by atoms with van der Waals surface area (Å²) in [4.78, 5) is 34.6. The van der Waals surface area contributed by atoms with Gasteiger partial charge in [-0.1, -0.05) is 141 Å². The van der Waals surface area contributed by atoms with Gasteiger partial charge in [0.2, 0.25) is 0 Å². The smallest absolute Gasteiger partial charge is 0.371 e. The molecule has 0 amide bonds. The van der Waals surface area contributed by atoms with Crippen molar-refractivity contribution < 1.29 is 28.1 Å². The minimum Gasteiger partial charge on any atom is -0.371 e. The molecule has 0 aromatic carbocycles. The molecule has 0 aliphatic heterocycles. The van der Waals surface area contributed by atoms with Gasteiger partial charge in [0.25, 0.3) is 0 Å². The van der Waals surface area contributed by atoms with Gasteiger partial charge in [-0.25, -0.2) is 4.57 Å². The fraction of sp³-hybridized carbons (Fsp3) is 0.842. The summed E-state index contributed by atoms with van der Waals surface area (Å²) in [6, 6.07) is 0. The van der Waals surface area contributed by atoms with Crippen LogP contribution in [0.5, 0.6) is 0 Å². The third-order valence-corrected chi connectivity index (χ3v) is 9.33. The molecule has 0 spiro atoms. The Kier molecular flexibility index (Phi) is 32.7. The van der Waals surface area contributed by atoms with Crippen molar-refractivity contribution in [1.82, 2.24) is 0 Å². The van der Waals surface area contributed by atoms with Crippen molar-refractivity contribution in [2.24, 2.45) is 5.73 Å². The van der Waals surface area contributed by atoms with Gasteiger partial charge in [0, 0.05) is 19.4 Å². The number of Topliss-reactive ketones (excluding diaryl/α,β-unsaturated/α-hetero) is 1. The predicted molar refractivity (Wildman–Crippen MR) is 194 cm³/mol. The lowest BCUT2D eigenvalue weighted by Crippen LogP contribution is -2.32. The fourth-order valence-electron chi connectivity index (χ4n) is 5.46. The quantitative estimate of drug-likeness (QED) is 0.0392. The van der Waals surface area contributed by atoms with Crippen molar-refractivity contribution in [1.29, 1.82) is 0 Å². The number of allylic oxidation sites excluding steroid dienone is 4. The Morgan fingerprint density at radius 3 is 1.33 bits per heavy atom. The highest BCUT2D eigenvalue weighted by Crippen LogP contribution is 2.45. The molecule has 2 atom stereocenters. The Morgan fingerprint density at radius 2 is 0.935 bits per heavy atom. The minimum atomic E-state index is -4.70. The van der Waals surface area contributed by atoms with Crippen molar-refractivity contribution in [2.45, 2.75) is 200 Å². The SMILES string of the molecule is CCCCCCCC/C=C/CCCCCCCC(=O)OP(=O)(O)OC(CN)C(=O)CCCCCCC/C=C/CCCCCCCC. The molecule has 8 heteroatoms. The number of carbonyl (C=O) groups excluding carboxylic acids is 2. The maximum Gasteiger partial charge on any atom is 0.530 e. The third kappa shape index (κ3) is 31.3. The summed E-state index contributed by atoms with van der Waals surface area (Å²) in [6.07, 6.45) is 38.2. The lowest BCUT2D eigenvalue weighted by atomic mass is 10.0. The van der Waals surface area contributed by atoms with E-state index in [1.54, 1.807) is 0 Å². The predicted octanol–water partition coefficient (Wildman–Crippen LogP) is 11.6. The minimum absolute atomic E-state index is 0.0439. The fourth-order valence-corrected chi connectivity index (χ4v) is 6.38. The summed E-state index contributed by atoms with van der Waals surface area (Å²) in [6.45, 7) is 4.25. The Hall–Kier alpha value is -1.27. The summed E-state index contributed by atoms with van der Waals surface area (Å²) in [5.74, 6) is -1.12. The van der Waals surface area contributed by atoms with Crippen LogP contribution in [0.2, 0.25) is 0 Å². The molecule has 46 heavy (non-hydrogen) atoms. The first-order chi connectivity index (χ1) is 22.4. The molecule has 0 aromatic heterocycles. The Labute approximate surface area is 283 Å². The summed E-state index contributed by atoms with van der Waals surface area (Å²) < 4.78 is 22.0. The van der Waals surface area contributed by atoms with E-state index in [0.717, 1.165) is 64.2 Å². The summed E-state index contributed by atoms with van der Waals surface area (Å²) in [5, 5.41) is 0. The second kappa shape index (κ2) is 33.6.